The molecule has 0 fully saturated rings. The number of aliphatic imine (C=N–C) groups is 1. The summed E-state index contributed by atoms with van der Waals surface area (Å²) in [5.41, 5.74) is 0.501. The van der Waals surface area contributed by atoms with E-state index < -0.39 is 0 Å². The molecular weight excluding hydrogens is 240 g/mol. The van der Waals surface area contributed by atoms with Crippen molar-refractivity contribution in [3.8, 4) is 0 Å². The fourth-order valence-corrected chi connectivity index (χ4v) is 1.30. The van der Waals surface area contributed by atoms with Gasteiger partial charge in [-0.25, -0.2) is 4.99 Å². The summed E-state index contributed by atoms with van der Waals surface area (Å²) in [6.07, 6.45) is 0. The summed E-state index contributed by atoms with van der Waals surface area (Å²) in [7, 11) is 0. The van der Waals surface area contributed by atoms with Gasteiger partial charge in [-0.3, -0.25) is 0 Å². The van der Waals surface area contributed by atoms with Crippen LogP contribution in [0.3, 0.4) is 0 Å². The Morgan fingerprint density at radius 2 is 1.83 bits per heavy atom. The Morgan fingerprint density at radius 3 is 2.33 bits per heavy atom. The normalized spacial score (nSPS) is 9.67. The maximum absolute atomic E-state index is 5.76. The van der Waals surface area contributed by atoms with Gasteiger partial charge in [-0.15, -0.1) is 0 Å². The monoisotopic (exact) mass is 241 g/mol. The second kappa shape index (κ2) is 4.33. The molecule has 0 heterocycles. The van der Waals surface area contributed by atoms with Crippen molar-refractivity contribution in [1.82, 2.24) is 0 Å². The van der Waals surface area contributed by atoms with Gasteiger partial charge in [0.2, 0.25) is 0 Å². The number of nitrogens with zero attached hydrogens (tertiary/aromatic N) is 1. The molecule has 12 heavy (non-hydrogen) atoms. The van der Waals surface area contributed by atoms with E-state index in [-0.39, 0.29) is 4.63 Å². The molecule has 0 saturated carbocycles. The predicted octanol–water partition coefficient (Wildman–Crippen LogP) is 4.46. The standard InChI is InChI=1S/C7H3Cl4N/c8-4-1-2-6(5(9)3-4)12-7(10)11/h1-3H. The van der Waals surface area contributed by atoms with Crippen LogP contribution in [0.2, 0.25) is 10.0 Å². The summed E-state index contributed by atoms with van der Waals surface area (Å²) in [6, 6.07) is 4.86. The third kappa shape index (κ3) is 2.83. The Kier molecular flexibility index (Phi) is 3.66. The van der Waals surface area contributed by atoms with Crippen LogP contribution in [0.4, 0.5) is 5.69 Å². The first-order chi connectivity index (χ1) is 5.59. The molecule has 1 rings (SSSR count). The fraction of sp³-hybridized carbons (Fsp3) is 0. The van der Waals surface area contributed by atoms with Crippen LogP contribution in [0.5, 0.6) is 0 Å². The highest BCUT2D eigenvalue weighted by molar-refractivity contribution is 6.95. The molecule has 1 aromatic rings. The van der Waals surface area contributed by atoms with E-state index in [1.54, 1.807) is 18.2 Å². The lowest BCUT2D eigenvalue weighted by Gasteiger charge is -1.97. The highest BCUT2D eigenvalue weighted by Crippen LogP contribution is 2.28. The SMILES string of the molecule is ClC(Cl)=Nc1ccc(Cl)cc1Cl. The lowest BCUT2D eigenvalue weighted by Crippen LogP contribution is -1.72. The van der Waals surface area contributed by atoms with Crippen LogP contribution in [0, 0.1) is 0 Å². The largest absolute Gasteiger partial charge is 0.224 e. The molecule has 1 nitrogen and oxygen atoms in total. The first-order valence-corrected chi connectivity index (χ1v) is 4.45. The molecule has 0 aliphatic rings. The van der Waals surface area contributed by atoms with Gasteiger partial charge in [0.1, 0.15) is 0 Å². The van der Waals surface area contributed by atoms with Crippen molar-refractivity contribution in [1.29, 1.82) is 0 Å². The second-order valence-electron chi connectivity index (χ2n) is 1.95. The zero-order valence-electron chi connectivity index (χ0n) is 5.69. The van der Waals surface area contributed by atoms with Crippen molar-refractivity contribution in [2.24, 2.45) is 4.99 Å². The van der Waals surface area contributed by atoms with E-state index in [1.807, 2.05) is 0 Å². The Morgan fingerprint density at radius 1 is 1.17 bits per heavy atom. The summed E-state index contributed by atoms with van der Waals surface area (Å²) in [6.45, 7) is 0. The van der Waals surface area contributed by atoms with E-state index in [0.717, 1.165) is 0 Å². The van der Waals surface area contributed by atoms with Crippen LogP contribution in [-0.4, -0.2) is 4.63 Å². The van der Waals surface area contributed by atoms with E-state index in [9.17, 15) is 0 Å². The van der Waals surface area contributed by atoms with Crippen molar-refractivity contribution >= 4 is 56.7 Å². The van der Waals surface area contributed by atoms with Crippen LogP contribution in [0.15, 0.2) is 23.2 Å². The molecule has 0 N–H and O–H groups in total. The second-order valence-corrected chi connectivity index (χ2v) is 3.70. The first-order valence-electron chi connectivity index (χ1n) is 2.94. The highest BCUT2D eigenvalue weighted by Gasteiger charge is 1.99. The number of halogens is 4. The van der Waals surface area contributed by atoms with Crippen molar-refractivity contribution in [3.05, 3.63) is 28.2 Å². The molecule has 0 aromatic heterocycles. The maximum atomic E-state index is 5.76. The minimum absolute atomic E-state index is 0.0841. The number of benzene rings is 1. The summed E-state index contributed by atoms with van der Waals surface area (Å²) < 4.78 is -0.0841. The van der Waals surface area contributed by atoms with Crippen molar-refractivity contribution in [3.63, 3.8) is 0 Å². The summed E-state index contributed by atoms with van der Waals surface area (Å²) in [4.78, 5) is 3.76. The van der Waals surface area contributed by atoms with E-state index in [0.29, 0.717) is 15.7 Å². The minimum atomic E-state index is -0.0841. The predicted molar refractivity (Wildman–Crippen MR) is 55.3 cm³/mol. The van der Waals surface area contributed by atoms with E-state index in [4.69, 9.17) is 46.4 Å². The summed E-state index contributed by atoms with van der Waals surface area (Å²) in [5, 5.41) is 0.964. The molecule has 0 amide bonds. The van der Waals surface area contributed by atoms with E-state index in [2.05, 4.69) is 4.99 Å². The topological polar surface area (TPSA) is 12.4 Å². The van der Waals surface area contributed by atoms with Gasteiger partial charge in [-0.2, -0.15) is 0 Å². The molecular formula is C7H3Cl4N. The number of hydrogen-bond acceptors (Lipinski definition) is 1. The molecule has 0 spiro atoms. The van der Waals surface area contributed by atoms with Crippen LogP contribution >= 0.6 is 46.4 Å². The quantitative estimate of drug-likeness (QED) is 0.645. The molecule has 0 aliphatic carbocycles. The van der Waals surface area contributed by atoms with Gasteiger partial charge >= 0.3 is 0 Å². The third-order valence-corrected chi connectivity index (χ3v) is 1.82. The number of hydrogen-bond donors (Lipinski definition) is 0. The summed E-state index contributed by atoms with van der Waals surface area (Å²) >= 11 is 22.1. The van der Waals surface area contributed by atoms with Gasteiger partial charge in [0, 0.05) is 5.02 Å². The van der Waals surface area contributed by atoms with Crippen LogP contribution < -0.4 is 0 Å². The Labute approximate surface area is 89.9 Å². The summed E-state index contributed by atoms with van der Waals surface area (Å²) in [5.74, 6) is 0. The van der Waals surface area contributed by atoms with Gasteiger partial charge < -0.3 is 0 Å². The molecule has 5 heteroatoms. The molecule has 0 bridgehead atoms. The lowest BCUT2D eigenvalue weighted by molar-refractivity contribution is 1.54. The van der Waals surface area contributed by atoms with Gasteiger partial charge in [0.25, 0.3) is 0 Å². The molecule has 0 unspecified atom stereocenters. The van der Waals surface area contributed by atoms with Gasteiger partial charge in [0.05, 0.1) is 10.7 Å². The van der Waals surface area contributed by atoms with Crippen LogP contribution in [-0.2, 0) is 0 Å². The lowest BCUT2D eigenvalue weighted by atomic mass is 10.3. The minimum Gasteiger partial charge on any atom is -0.224 e. The smallest absolute Gasteiger partial charge is 0.197 e. The zero-order chi connectivity index (χ0) is 9.14. The fourth-order valence-electron chi connectivity index (χ4n) is 0.663. The third-order valence-electron chi connectivity index (χ3n) is 1.11. The molecule has 1 aromatic carbocycles. The van der Waals surface area contributed by atoms with Gasteiger partial charge in [0.15, 0.2) is 4.63 Å². The molecule has 0 radical (unpaired) electrons. The van der Waals surface area contributed by atoms with Gasteiger partial charge in [-0.05, 0) is 41.4 Å². The zero-order valence-corrected chi connectivity index (χ0v) is 8.71. The molecule has 64 valence electrons. The van der Waals surface area contributed by atoms with Crippen molar-refractivity contribution in [2.45, 2.75) is 0 Å². The van der Waals surface area contributed by atoms with E-state index >= 15 is 0 Å². The Hall–Kier alpha value is 0.0500. The first kappa shape index (κ1) is 10.1. The average Bonchev–Trinajstić information content (AvgIpc) is 1.94. The average molecular weight is 243 g/mol. The Bertz CT molecular complexity index is 317. The Balaban J connectivity index is 3.10. The van der Waals surface area contributed by atoms with Crippen molar-refractivity contribution in [2.75, 3.05) is 0 Å². The van der Waals surface area contributed by atoms with Gasteiger partial charge in [-0.1, -0.05) is 23.2 Å². The van der Waals surface area contributed by atoms with E-state index in [1.165, 1.54) is 0 Å². The molecule has 0 atom stereocenters. The van der Waals surface area contributed by atoms with Crippen molar-refractivity contribution < 1.29 is 0 Å². The van der Waals surface area contributed by atoms with Crippen LogP contribution in [0.25, 0.3) is 0 Å². The molecule has 0 aliphatic heterocycles. The highest BCUT2D eigenvalue weighted by atomic mass is 35.5. The number of rotatable bonds is 1. The maximum Gasteiger partial charge on any atom is 0.197 e. The van der Waals surface area contributed by atoms with Crippen LogP contribution in [0.1, 0.15) is 0 Å². The molecule has 0 saturated heterocycles.